The molecule has 4 heteroatoms. The number of carboxylic acids is 1. The molecule has 0 radical (unpaired) electrons. The van der Waals surface area contributed by atoms with Gasteiger partial charge in [0.25, 0.3) is 0 Å². The minimum atomic E-state index is -0.672. The van der Waals surface area contributed by atoms with E-state index in [9.17, 15) is 4.79 Å². The predicted molar refractivity (Wildman–Crippen MR) is 50.7 cm³/mol. The molecular formula is C9H18N2O2. The van der Waals surface area contributed by atoms with Crippen LogP contribution in [-0.2, 0) is 4.79 Å². The first kappa shape index (κ1) is 10.5. The van der Waals surface area contributed by atoms with Gasteiger partial charge >= 0.3 is 5.97 Å². The minimum absolute atomic E-state index is 0.227. The minimum Gasteiger partial charge on any atom is -0.481 e. The second kappa shape index (κ2) is 4.58. The third-order valence-electron chi connectivity index (χ3n) is 2.74. The van der Waals surface area contributed by atoms with Crippen LogP contribution in [-0.4, -0.2) is 49.7 Å². The molecule has 1 heterocycles. The standard InChI is InChI=1S/C9H18N2O2/c1-10-5-8(9(12)13)7-3-4-11(2)6-7/h7-8,10H,3-6H2,1-2H3,(H,12,13). The molecule has 1 aliphatic rings. The van der Waals surface area contributed by atoms with E-state index in [1.165, 1.54) is 0 Å². The van der Waals surface area contributed by atoms with Crippen molar-refractivity contribution >= 4 is 5.97 Å². The predicted octanol–water partition coefficient (Wildman–Crippen LogP) is -0.142. The van der Waals surface area contributed by atoms with Gasteiger partial charge in [0.05, 0.1) is 5.92 Å². The van der Waals surface area contributed by atoms with Crippen molar-refractivity contribution in [2.75, 3.05) is 33.7 Å². The Morgan fingerprint density at radius 2 is 2.46 bits per heavy atom. The Balaban J connectivity index is 2.49. The van der Waals surface area contributed by atoms with E-state index in [2.05, 4.69) is 10.2 Å². The van der Waals surface area contributed by atoms with Gasteiger partial charge in [0, 0.05) is 13.1 Å². The average Bonchev–Trinajstić information content (AvgIpc) is 2.46. The number of carbonyl (C=O) groups is 1. The van der Waals surface area contributed by atoms with Gasteiger partial charge in [-0.1, -0.05) is 0 Å². The number of nitrogens with zero attached hydrogens (tertiary/aromatic N) is 1. The molecule has 0 aromatic rings. The quantitative estimate of drug-likeness (QED) is 0.641. The summed E-state index contributed by atoms with van der Waals surface area (Å²) in [5, 5.41) is 11.9. The van der Waals surface area contributed by atoms with E-state index in [-0.39, 0.29) is 5.92 Å². The van der Waals surface area contributed by atoms with E-state index in [0.29, 0.717) is 12.5 Å². The fourth-order valence-electron chi connectivity index (χ4n) is 1.97. The Morgan fingerprint density at radius 1 is 1.77 bits per heavy atom. The molecule has 4 nitrogen and oxygen atoms in total. The first-order valence-electron chi connectivity index (χ1n) is 4.71. The van der Waals surface area contributed by atoms with Crippen molar-refractivity contribution in [2.24, 2.45) is 11.8 Å². The van der Waals surface area contributed by atoms with Gasteiger partial charge in [-0.15, -0.1) is 0 Å². The van der Waals surface area contributed by atoms with Crippen LogP contribution in [0.4, 0.5) is 0 Å². The van der Waals surface area contributed by atoms with Crippen LogP contribution >= 0.6 is 0 Å². The van der Waals surface area contributed by atoms with Gasteiger partial charge in [0.1, 0.15) is 0 Å². The van der Waals surface area contributed by atoms with E-state index < -0.39 is 5.97 Å². The molecular weight excluding hydrogens is 168 g/mol. The molecule has 0 aromatic heterocycles. The van der Waals surface area contributed by atoms with Crippen molar-refractivity contribution in [3.05, 3.63) is 0 Å². The van der Waals surface area contributed by atoms with Gasteiger partial charge in [-0.25, -0.2) is 0 Å². The normalized spacial score (nSPS) is 26.2. The van der Waals surface area contributed by atoms with Crippen LogP contribution in [0.1, 0.15) is 6.42 Å². The Labute approximate surface area is 78.9 Å². The van der Waals surface area contributed by atoms with Crippen LogP contribution in [0, 0.1) is 11.8 Å². The molecule has 2 atom stereocenters. The largest absolute Gasteiger partial charge is 0.481 e. The molecule has 2 N–H and O–H groups in total. The zero-order chi connectivity index (χ0) is 9.84. The van der Waals surface area contributed by atoms with Gasteiger partial charge in [-0.05, 0) is 33.0 Å². The second-order valence-electron chi connectivity index (χ2n) is 3.81. The highest BCUT2D eigenvalue weighted by atomic mass is 16.4. The third-order valence-corrected chi connectivity index (χ3v) is 2.74. The fraction of sp³-hybridized carbons (Fsp3) is 0.889. The lowest BCUT2D eigenvalue weighted by Gasteiger charge is -2.18. The Morgan fingerprint density at radius 3 is 2.85 bits per heavy atom. The van der Waals surface area contributed by atoms with Gasteiger partial charge in [0.15, 0.2) is 0 Å². The fourth-order valence-corrected chi connectivity index (χ4v) is 1.97. The maximum Gasteiger partial charge on any atom is 0.308 e. The smallest absolute Gasteiger partial charge is 0.308 e. The second-order valence-corrected chi connectivity index (χ2v) is 3.81. The number of nitrogens with one attached hydrogen (secondary N) is 1. The van der Waals surface area contributed by atoms with Crippen molar-refractivity contribution in [1.82, 2.24) is 10.2 Å². The maximum atomic E-state index is 10.9. The number of hydrogen-bond acceptors (Lipinski definition) is 3. The van der Waals surface area contributed by atoms with E-state index in [4.69, 9.17) is 5.11 Å². The summed E-state index contributed by atoms with van der Waals surface area (Å²) >= 11 is 0. The maximum absolute atomic E-state index is 10.9. The first-order valence-corrected chi connectivity index (χ1v) is 4.71. The Bertz CT molecular complexity index is 184. The molecule has 0 aromatic carbocycles. The number of likely N-dealkylation sites (tertiary alicyclic amines) is 1. The Hall–Kier alpha value is -0.610. The summed E-state index contributed by atoms with van der Waals surface area (Å²) in [5.74, 6) is -0.584. The highest BCUT2D eigenvalue weighted by molar-refractivity contribution is 5.70. The average molecular weight is 186 g/mol. The summed E-state index contributed by atoms with van der Waals surface area (Å²) < 4.78 is 0. The number of rotatable bonds is 4. The summed E-state index contributed by atoms with van der Waals surface area (Å²) in [4.78, 5) is 13.1. The van der Waals surface area contributed by atoms with E-state index in [0.717, 1.165) is 19.5 Å². The topological polar surface area (TPSA) is 52.6 Å². The Kier molecular flexibility index (Phi) is 3.69. The lowest BCUT2D eigenvalue weighted by atomic mass is 9.91. The third kappa shape index (κ3) is 2.67. The van der Waals surface area contributed by atoms with Crippen LogP contribution in [0.25, 0.3) is 0 Å². The molecule has 0 amide bonds. The van der Waals surface area contributed by atoms with Crippen LogP contribution < -0.4 is 5.32 Å². The lowest BCUT2D eigenvalue weighted by Crippen LogP contribution is -2.33. The molecule has 1 fully saturated rings. The van der Waals surface area contributed by atoms with Crippen molar-refractivity contribution in [3.8, 4) is 0 Å². The van der Waals surface area contributed by atoms with E-state index >= 15 is 0 Å². The molecule has 0 bridgehead atoms. The molecule has 1 saturated heterocycles. The molecule has 76 valence electrons. The van der Waals surface area contributed by atoms with Gasteiger partial charge in [-0.2, -0.15) is 0 Å². The van der Waals surface area contributed by atoms with Crippen molar-refractivity contribution in [3.63, 3.8) is 0 Å². The first-order chi connectivity index (χ1) is 6.15. The number of carboxylic acid groups (broad SMARTS) is 1. The SMILES string of the molecule is CNCC(C(=O)O)C1CCN(C)C1. The monoisotopic (exact) mass is 186 g/mol. The molecule has 1 rings (SSSR count). The highest BCUT2D eigenvalue weighted by Crippen LogP contribution is 2.22. The van der Waals surface area contributed by atoms with Crippen molar-refractivity contribution < 1.29 is 9.90 Å². The molecule has 0 aliphatic carbocycles. The summed E-state index contributed by atoms with van der Waals surface area (Å²) in [7, 11) is 3.84. The zero-order valence-corrected chi connectivity index (χ0v) is 8.29. The van der Waals surface area contributed by atoms with Crippen molar-refractivity contribution in [1.29, 1.82) is 0 Å². The zero-order valence-electron chi connectivity index (χ0n) is 8.29. The summed E-state index contributed by atoms with van der Waals surface area (Å²) in [5.41, 5.74) is 0. The van der Waals surface area contributed by atoms with Crippen molar-refractivity contribution in [2.45, 2.75) is 6.42 Å². The summed E-state index contributed by atoms with van der Waals surface area (Å²) in [6, 6.07) is 0. The van der Waals surface area contributed by atoms with Crippen LogP contribution in [0.3, 0.4) is 0 Å². The van der Waals surface area contributed by atoms with E-state index in [1.807, 2.05) is 7.05 Å². The lowest BCUT2D eigenvalue weighted by molar-refractivity contribution is -0.143. The van der Waals surface area contributed by atoms with Gasteiger partial charge in [0.2, 0.25) is 0 Å². The van der Waals surface area contributed by atoms with Crippen LogP contribution in [0.15, 0.2) is 0 Å². The van der Waals surface area contributed by atoms with Crippen LogP contribution in [0.2, 0.25) is 0 Å². The number of hydrogen-bond donors (Lipinski definition) is 2. The molecule has 13 heavy (non-hydrogen) atoms. The molecule has 2 unspecified atom stereocenters. The molecule has 0 saturated carbocycles. The van der Waals surface area contributed by atoms with E-state index in [1.54, 1.807) is 7.05 Å². The summed E-state index contributed by atoms with van der Waals surface area (Å²) in [6.07, 6.45) is 1.01. The highest BCUT2D eigenvalue weighted by Gasteiger charge is 2.31. The molecule has 1 aliphatic heterocycles. The van der Waals surface area contributed by atoms with Crippen LogP contribution in [0.5, 0.6) is 0 Å². The number of aliphatic carboxylic acids is 1. The van der Waals surface area contributed by atoms with Gasteiger partial charge in [-0.3, -0.25) is 4.79 Å². The van der Waals surface area contributed by atoms with Gasteiger partial charge < -0.3 is 15.3 Å². The molecule has 0 spiro atoms. The summed E-state index contributed by atoms with van der Waals surface area (Å²) in [6.45, 7) is 2.52.